The first kappa shape index (κ1) is 16.4. The second-order valence-corrected chi connectivity index (χ2v) is 5.60. The summed E-state index contributed by atoms with van der Waals surface area (Å²) in [6, 6.07) is 0.721. The van der Waals surface area contributed by atoms with Crippen LogP contribution in [0.15, 0.2) is 0 Å². The average Bonchev–Trinajstić information content (AvgIpc) is 2.71. The Labute approximate surface area is 118 Å². The first-order valence-electron chi connectivity index (χ1n) is 7.92. The van der Waals surface area contributed by atoms with Crippen LogP contribution in [-0.2, 0) is 4.79 Å². The quantitative estimate of drug-likeness (QED) is 0.662. The largest absolute Gasteiger partial charge is 0.359 e. The van der Waals surface area contributed by atoms with Gasteiger partial charge in [0.05, 0.1) is 0 Å². The van der Waals surface area contributed by atoms with Crippen molar-refractivity contribution in [1.29, 1.82) is 0 Å². The minimum Gasteiger partial charge on any atom is -0.359 e. The summed E-state index contributed by atoms with van der Waals surface area (Å²) in [4.78, 5) is 13.9. The number of amides is 1. The zero-order valence-corrected chi connectivity index (χ0v) is 12.5. The molecule has 112 valence electrons. The number of carbonyl (C=O) groups excluding carboxylic acids is 1. The van der Waals surface area contributed by atoms with E-state index in [9.17, 15) is 4.79 Å². The Morgan fingerprint density at radius 2 is 1.79 bits per heavy atom. The molecule has 0 unspecified atom stereocenters. The smallest absolute Gasteiger partial charge is 0.219 e. The molecule has 1 amide bonds. The molecule has 3 N–H and O–H groups in total. The molecule has 0 atom stereocenters. The summed E-state index contributed by atoms with van der Waals surface area (Å²) in [5, 5.41) is 2.69. The van der Waals surface area contributed by atoms with Crippen molar-refractivity contribution in [1.82, 2.24) is 10.2 Å². The van der Waals surface area contributed by atoms with Crippen molar-refractivity contribution in [3.8, 4) is 0 Å². The second kappa shape index (κ2) is 10.2. The minimum atomic E-state index is 0.152. The number of hydrogen-bond acceptors (Lipinski definition) is 3. The van der Waals surface area contributed by atoms with Gasteiger partial charge in [-0.2, -0.15) is 0 Å². The third-order valence-electron chi connectivity index (χ3n) is 4.12. The molecule has 0 aromatic rings. The molecule has 1 rings (SSSR count). The molecule has 1 aliphatic rings. The third kappa shape index (κ3) is 6.92. The van der Waals surface area contributed by atoms with Gasteiger partial charge in [0.2, 0.25) is 5.91 Å². The molecule has 0 aromatic heterocycles. The Morgan fingerprint density at radius 3 is 2.37 bits per heavy atom. The molecule has 0 aromatic carbocycles. The molecule has 0 saturated heterocycles. The Kier molecular flexibility index (Phi) is 8.84. The summed E-state index contributed by atoms with van der Waals surface area (Å²) in [5.74, 6) is 0.152. The third-order valence-corrected chi connectivity index (χ3v) is 4.12. The van der Waals surface area contributed by atoms with Crippen molar-refractivity contribution in [3.05, 3.63) is 0 Å². The van der Waals surface area contributed by atoms with Crippen molar-refractivity contribution in [2.75, 3.05) is 26.7 Å². The predicted octanol–water partition coefficient (Wildman–Crippen LogP) is 1.89. The molecule has 4 heteroatoms. The van der Waals surface area contributed by atoms with E-state index in [1.165, 1.54) is 38.5 Å². The van der Waals surface area contributed by atoms with E-state index < -0.39 is 0 Å². The Hall–Kier alpha value is -0.610. The van der Waals surface area contributed by atoms with E-state index in [1.807, 2.05) is 0 Å². The van der Waals surface area contributed by atoms with E-state index in [2.05, 4.69) is 10.2 Å². The summed E-state index contributed by atoms with van der Waals surface area (Å²) in [7, 11) is 1.71. The minimum absolute atomic E-state index is 0.152. The van der Waals surface area contributed by atoms with Crippen LogP contribution in [0.25, 0.3) is 0 Å². The molecule has 4 nitrogen and oxygen atoms in total. The van der Waals surface area contributed by atoms with Crippen molar-refractivity contribution >= 4 is 5.91 Å². The molecule has 19 heavy (non-hydrogen) atoms. The van der Waals surface area contributed by atoms with E-state index in [0.29, 0.717) is 6.42 Å². The van der Waals surface area contributed by atoms with E-state index >= 15 is 0 Å². The normalized spacial score (nSPS) is 17.4. The molecule has 0 heterocycles. The van der Waals surface area contributed by atoms with Crippen molar-refractivity contribution in [2.24, 2.45) is 5.73 Å². The van der Waals surface area contributed by atoms with Crippen LogP contribution in [0.5, 0.6) is 0 Å². The standard InChI is InChI=1S/C15H31N3O/c1-17-15(19)10-6-12-18(13-7-11-16)14-8-4-2-3-5-9-14/h14H,2-13,16H2,1H3,(H,17,19). The summed E-state index contributed by atoms with van der Waals surface area (Å²) < 4.78 is 0. The van der Waals surface area contributed by atoms with Gasteiger partial charge in [-0.25, -0.2) is 0 Å². The van der Waals surface area contributed by atoms with Gasteiger partial charge in [-0.3, -0.25) is 4.79 Å². The van der Waals surface area contributed by atoms with Crippen molar-refractivity contribution in [3.63, 3.8) is 0 Å². The molecule has 1 saturated carbocycles. The lowest BCUT2D eigenvalue weighted by atomic mass is 10.1. The van der Waals surface area contributed by atoms with Crippen LogP contribution in [0.1, 0.15) is 57.8 Å². The molecular formula is C15H31N3O. The zero-order valence-electron chi connectivity index (χ0n) is 12.5. The van der Waals surface area contributed by atoms with Crippen LogP contribution in [0.4, 0.5) is 0 Å². The molecule has 0 aliphatic heterocycles. The van der Waals surface area contributed by atoms with Crippen LogP contribution < -0.4 is 11.1 Å². The highest BCUT2D eigenvalue weighted by atomic mass is 16.1. The zero-order chi connectivity index (χ0) is 13.9. The summed E-state index contributed by atoms with van der Waals surface area (Å²) >= 11 is 0. The highest BCUT2D eigenvalue weighted by molar-refractivity contribution is 5.75. The highest BCUT2D eigenvalue weighted by Gasteiger charge is 2.19. The first-order chi connectivity index (χ1) is 9.27. The summed E-state index contributed by atoms with van der Waals surface area (Å²) in [6.07, 6.45) is 10.8. The van der Waals surface area contributed by atoms with Gasteiger partial charge in [0, 0.05) is 19.5 Å². The van der Waals surface area contributed by atoms with Gasteiger partial charge in [0.25, 0.3) is 0 Å². The van der Waals surface area contributed by atoms with Crippen LogP contribution in [0.2, 0.25) is 0 Å². The van der Waals surface area contributed by atoms with Gasteiger partial charge in [0.1, 0.15) is 0 Å². The fourth-order valence-corrected chi connectivity index (χ4v) is 2.96. The monoisotopic (exact) mass is 269 g/mol. The average molecular weight is 269 g/mol. The van der Waals surface area contributed by atoms with Gasteiger partial charge >= 0.3 is 0 Å². The maximum atomic E-state index is 11.3. The van der Waals surface area contributed by atoms with Crippen LogP contribution in [0.3, 0.4) is 0 Å². The Morgan fingerprint density at radius 1 is 1.16 bits per heavy atom. The predicted molar refractivity (Wildman–Crippen MR) is 80.0 cm³/mol. The van der Waals surface area contributed by atoms with E-state index in [-0.39, 0.29) is 5.91 Å². The Balaban J connectivity index is 2.37. The molecule has 1 aliphatic carbocycles. The lowest BCUT2D eigenvalue weighted by Gasteiger charge is -2.31. The molecule has 0 bridgehead atoms. The number of carbonyl (C=O) groups is 1. The van der Waals surface area contributed by atoms with Gasteiger partial charge in [-0.1, -0.05) is 25.7 Å². The summed E-state index contributed by atoms with van der Waals surface area (Å²) in [5.41, 5.74) is 5.64. The van der Waals surface area contributed by atoms with Crippen LogP contribution >= 0.6 is 0 Å². The summed E-state index contributed by atoms with van der Waals surface area (Å²) in [6.45, 7) is 2.89. The van der Waals surface area contributed by atoms with Crippen molar-refractivity contribution in [2.45, 2.75) is 63.8 Å². The maximum absolute atomic E-state index is 11.3. The fraction of sp³-hybridized carbons (Fsp3) is 0.933. The number of rotatable bonds is 8. The SMILES string of the molecule is CNC(=O)CCCN(CCCN)C1CCCCCC1. The fourth-order valence-electron chi connectivity index (χ4n) is 2.96. The van der Waals surface area contributed by atoms with E-state index in [4.69, 9.17) is 5.73 Å². The topological polar surface area (TPSA) is 58.4 Å². The van der Waals surface area contributed by atoms with Gasteiger partial charge in [-0.05, 0) is 45.3 Å². The van der Waals surface area contributed by atoms with Gasteiger partial charge < -0.3 is 16.0 Å². The van der Waals surface area contributed by atoms with Gasteiger partial charge in [0.15, 0.2) is 0 Å². The Bertz CT molecular complexity index is 238. The lowest BCUT2D eigenvalue weighted by molar-refractivity contribution is -0.120. The van der Waals surface area contributed by atoms with Crippen LogP contribution in [0, 0.1) is 0 Å². The van der Waals surface area contributed by atoms with E-state index in [0.717, 1.165) is 38.5 Å². The van der Waals surface area contributed by atoms with E-state index in [1.54, 1.807) is 7.05 Å². The number of nitrogens with two attached hydrogens (primary N) is 1. The van der Waals surface area contributed by atoms with Gasteiger partial charge in [-0.15, -0.1) is 0 Å². The number of nitrogens with one attached hydrogen (secondary N) is 1. The number of hydrogen-bond donors (Lipinski definition) is 2. The lowest BCUT2D eigenvalue weighted by Crippen LogP contribution is -2.37. The molecule has 1 fully saturated rings. The number of nitrogens with zero attached hydrogens (tertiary/aromatic N) is 1. The molecular weight excluding hydrogens is 238 g/mol. The molecule has 0 radical (unpaired) electrons. The molecule has 0 spiro atoms. The highest BCUT2D eigenvalue weighted by Crippen LogP contribution is 2.22. The second-order valence-electron chi connectivity index (χ2n) is 5.60. The maximum Gasteiger partial charge on any atom is 0.219 e. The van der Waals surface area contributed by atoms with Crippen molar-refractivity contribution < 1.29 is 4.79 Å². The van der Waals surface area contributed by atoms with Crippen LogP contribution in [-0.4, -0.2) is 43.5 Å². The first-order valence-corrected chi connectivity index (χ1v) is 7.92.